The fourth-order valence-corrected chi connectivity index (χ4v) is 1.44. The number of nitrogens with one attached hydrogen (secondary N) is 1. The zero-order valence-corrected chi connectivity index (χ0v) is 9.70. The molecule has 1 rings (SSSR count). The molecule has 1 aliphatic heterocycles. The Morgan fingerprint density at radius 2 is 2.13 bits per heavy atom. The molecule has 1 N–H and O–H groups in total. The molecule has 0 aromatic carbocycles. The van der Waals surface area contributed by atoms with Gasteiger partial charge in [0, 0.05) is 18.7 Å². The molecule has 4 nitrogen and oxygen atoms in total. The average molecular weight is 210 g/mol. The molecule has 0 fully saturated rings. The molecule has 2 amide bonds. The summed E-state index contributed by atoms with van der Waals surface area (Å²) < 4.78 is 0. The topological polar surface area (TPSA) is 49.4 Å². The molecular weight excluding hydrogens is 192 g/mol. The number of rotatable bonds is 1. The number of carbonyl (C=O) groups excluding carboxylic acids is 2. The van der Waals surface area contributed by atoms with Crippen LogP contribution >= 0.6 is 0 Å². The molecule has 1 aliphatic rings. The highest BCUT2D eigenvalue weighted by Gasteiger charge is 2.25. The molecule has 0 spiro atoms. The lowest BCUT2D eigenvalue weighted by Gasteiger charge is -2.31. The van der Waals surface area contributed by atoms with Gasteiger partial charge in [0.1, 0.15) is 6.17 Å². The van der Waals surface area contributed by atoms with E-state index in [-0.39, 0.29) is 23.4 Å². The average Bonchev–Trinajstić information content (AvgIpc) is 1.99. The minimum absolute atomic E-state index is 0.0336. The van der Waals surface area contributed by atoms with Gasteiger partial charge >= 0.3 is 0 Å². The smallest absolute Gasteiger partial charge is 0.247 e. The summed E-state index contributed by atoms with van der Waals surface area (Å²) in [6, 6.07) is 0. The van der Waals surface area contributed by atoms with Crippen LogP contribution in [0.15, 0.2) is 12.3 Å². The minimum atomic E-state index is -0.252. The van der Waals surface area contributed by atoms with Crippen molar-refractivity contribution in [3.63, 3.8) is 0 Å². The maximum atomic E-state index is 11.9. The number of hydrogen-bond donors (Lipinski definition) is 1. The Balaban J connectivity index is 2.68. The quantitative estimate of drug-likeness (QED) is 0.708. The van der Waals surface area contributed by atoms with Gasteiger partial charge in [-0.2, -0.15) is 0 Å². The van der Waals surface area contributed by atoms with Crippen molar-refractivity contribution >= 4 is 11.8 Å². The number of nitrogens with zero attached hydrogens (tertiary/aromatic N) is 1. The Morgan fingerprint density at radius 1 is 1.53 bits per heavy atom. The van der Waals surface area contributed by atoms with Crippen molar-refractivity contribution in [3.05, 3.63) is 12.3 Å². The van der Waals surface area contributed by atoms with Gasteiger partial charge in [-0.15, -0.1) is 0 Å². The minimum Gasteiger partial charge on any atom is -0.332 e. The molecule has 4 heteroatoms. The van der Waals surface area contributed by atoms with Gasteiger partial charge in [0.25, 0.3) is 0 Å². The molecule has 15 heavy (non-hydrogen) atoms. The second-order valence-corrected chi connectivity index (χ2v) is 5.04. The summed E-state index contributed by atoms with van der Waals surface area (Å²) in [5.41, 5.74) is -0.0356. The molecule has 1 atom stereocenters. The summed E-state index contributed by atoms with van der Waals surface area (Å²) in [6.45, 7) is 7.84. The van der Waals surface area contributed by atoms with E-state index in [0.29, 0.717) is 6.42 Å². The predicted octanol–water partition coefficient (Wildman–Crippen LogP) is 1.24. The van der Waals surface area contributed by atoms with Crippen LogP contribution in [-0.2, 0) is 9.59 Å². The van der Waals surface area contributed by atoms with E-state index in [1.807, 2.05) is 20.8 Å². The normalized spacial score (nSPS) is 21.5. The highest BCUT2D eigenvalue weighted by Crippen LogP contribution is 2.21. The molecule has 0 aromatic heterocycles. The summed E-state index contributed by atoms with van der Waals surface area (Å²) in [6.07, 6.45) is 3.15. The third-order valence-corrected chi connectivity index (χ3v) is 2.12. The first-order valence-electron chi connectivity index (χ1n) is 5.09. The standard InChI is InChI=1S/C11H18N2O2/c1-8-12-9(14)5-6-13(8)10(15)7-11(2,3)4/h5-6,8H,7H2,1-4H3,(H,12,14). The first-order valence-corrected chi connectivity index (χ1v) is 5.09. The van der Waals surface area contributed by atoms with Crippen LogP contribution in [-0.4, -0.2) is 22.9 Å². The van der Waals surface area contributed by atoms with Crippen LogP contribution in [0.2, 0.25) is 0 Å². The second kappa shape index (κ2) is 4.04. The van der Waals surface area contributed by atoms with E-state index in [1.165, 1.54) is 6.08 Å². The maximum Gasteiger partial charge on any atom is 0.247 e. The lowest BCUT2D eigenvalue weighted by atomic mass is 9.91. The molecule has 1 heterocycles. The predicted molar refractivity (Wildman–Crippen MR) is 57.7 cm³/mol. The van der Waals surface area contributed by atoms with Crippen LogP contribution in [0.1, 0.15) is 34.1 Å². The van der Waals surface area contributed by atoms with Gasteiger partial charge in [-0.05, 0) is 12.3 Å². The highest BCUT2D eigenvalue weighted by atomic mass is 16.2. The largest absolute Gasteiger partial charge is 0.332 e. The number of hydrogen-bond acceptors (Lipinski definition) is 2. The van der Waals surface area contributed by atoms with Gasteiger partial charge in [0.15, 0.2) is 0 Å². The fraction of sp³-hybridized carbons (Fsp3) is 0.636. The van der Waals surface area contributed by atoms with Gasteiger partial charge in [-0.25, -0.2) is 0 Å². The van der Waals surface area contributed by atoms with Gasteiger partial charge in [0.2, 0.25) is 11.8 Å². The van der Waals surface area contributed by atoms with E-state index >= 15 is 0 Å². The van der Waals surface area contributed by atoms with Crippen LogP contribution in [0.25, 0.3) is 0 Å². The van der Waals surface area contributed by atoms with Crippen molar-refractivity contribution in [2.24, 2.45) is 5.41 Å². The molecular formula is C11H18N2O2. The third kappa shape index (κ3) is 3.38. The summed E-state index contributed by atoms with van der Waals surface area (Å²) in [4.78, 5) is 24.4. The molecule has 0 radical (unpaired) electrons. The summed E-state index contributed by atoms with van der Waals surface area (Å²) in [5.74, 6) is -0.117. The van der Waals surface area contributed by atoms with E-state index < -0.39 is 0 Å². The Hall–Kier alpha value is -1.32. The van der Waals surface area contributed by atoms with Gasteiger partial charge in [-0.3, -0.25) is 14.5 Å². The van der Waals surface area contributed by atoms with E-state index in [0.717, 1.165) is 0 Å². The van der Waals surface area contributed by atoms with Crippen molar-refractivity contribution in [1.82, 2.24) is 10.2 Å². The van der Waals surface area contributed by atoms with E-state index in [2.05, 4.69) is 5.32 Å². The molecule has 1 unspecified atom stereocenters. The molecule has 0 aromatic rings. The number of amides is 2. The highest BCUT2D eigenvalue weighted by molar-refractivity contribution is 5.90. The van der Waals surface area contributed by atoms with Crippen LogP contribution in [0.4, 0.5) is 0 Å². The zero-order chi connectivity index (χ0) is 11.6. The Morgan fingerprint density at radius 3 is 2.60 bits per heavy atom. The third-order valence-electron chi connectivity index (χ3n) is 2.12. The van der Waals surface area contributed by atoms with Crippen molar-refractivity contribution in [2.45, 2.75) is 40.3 Å². The Kier molecular flexibility index (Phi) is 3.17. The molecule has 0 bridgehead atoms. The summed E-state index contributed by atoms with van der Waals surface area (Å²) in [7, 11) is 0. The molecule has 0 saturated carbocycles. The van der Waals surface area contributed by atoms with E-state index in [9.17, 15) is 9.59 Å². The van der Waals surface area contributed by atoms with Crippen LogP contribution in [0.5, 0.6) is 0 Å². The Bertz CT molecular complexity index is 302. The fourth-order valence-electron chi connectivity index (χ4n) is 1.44. The lowest BCUT2D eigenvalue weighted by Crippen LogP contribution is -2.49. The summed E-state index contributed by atoms with van der Waals surface area (Å²) in [5, 5.41) is 2.68. The number of carbonyl (C=O) groups is 2. The lowest BCUT2D eigenvalue weighted by molar-refractivity contribution is -0.134. The summed E-state index contributed by atoms with van der Waals surface area (Å²) >= 11 is 0. The van der Waals surface area contributed by atoms with Crippen LogP contribution in [0.3, 0.4) is 0 Å². The van der Waals surface area contributed by atoms with Gasteiger partial charge in [-0.1, -0.05) is 20.8 Å². The van der Waals surface area contributed by atoms with Crippen LogP contribution < -0.4 is 5.32 Å². The van der Waals surface area contributed by atoms with Gasteiger partial charge in [0.05, 0.1) is 0 Å². The molecule has 84 valence electrons. The van der Waals surface area contributed by atoms with Crippen molar-refractivity contribution < 1.29 is 9.59 Å². The van der Waals surface area contributed by atoms with Crippen molar-refractivity contribution in [1.29, 1.82) is 0 Å². The van der Waals surface area contributed by atoms with E-state index in [4.69, 9.17) is 0 Å². The first kappa shape index (κ1) is 11.8. The molecule has 0 aliphatic carbocycles. The van der Waals surface area contributed by atoms with Crippen molar-refractivity contribution in [3.8, 4) is 0 Å². The van der Waals surface area contributed by atoms with E-state index in [1.54, 1.807) is 18.0 Å². The molecule has 0 saturated heterocycles. The SMILES string of the molecule is CC1NC(=O)C=CN1C(=O)CC(C)(C)C. The van der Waals surface area contributed by atoms with Crippen LogP contribution in [0, 0.1) is 5.41 Å². The van der Waals surface area contributed by atoms with Crippen molar-refractivity contribution in [2.75, 3.05) is 0 Å². The maximum absolute atomic E-state index is 11.9. The monoisotopic (exact) mass is 210 g/mol. The Labute approximate surface area is 90.3 Å². The second-order valence-electron chi connectivity index (χ2n) is 5.04. The first-order chi connectivity index (χ1) is 6.79. The zero-order valence-electron chi connectivity index (χ0n) is 9.70. The van der Waals surface area contributed by atoms with Gasteiger partial charge < -0.3 is 5.32 Å².